The minimum absolute atomic E-state index is 0.157. The molecular weight excluding hydrogens is 350 g/mol. The van der Waals surface area contributed by atoms with Crippen LogP contribution in [-0.2, 0) is 16.1 Å². The van der Waals surface area contributed by atoms with Gasteiger partial charge < -0.3 is 23.9 Å². The molecule has 1 aliphatic rings. The number of nitrogens with zero attached hydrogens (tertiary/aromatic N) is 2. The zero-order valence-corrected chi connectivity index (χ0v) is 14.6. The highest BCUT2D eigenvalue weighted by molar-refractivity contribution is 5.90. The van der Waals surface area contributed by atoms with Gasteiger partial charge in [0.05, 0.1) is 0 Å². The van der Waals surface area contributed by atoms with Gasteiger partial charge in [-0.1, -0.05) is 6.07 Å². The van der Waals surface area contributed by atoms with Crippen LogP contribution in [0.15, 0.2) is 42.7 Å². The van der Waals surface area contributed by atoms with Gasteiger partial charge in [0.1, 0.15) is 5.65 Å². The molecule has 138 valence electrons. The number of amides is 1. The van der Waals surface area contributed by atoms with E-state index in [2.05, 4.69) is 10.3 Å². The Bertz CT molecular complexity index is 1030. The number of carbonyl (C=O) groups excluding carboxylic acids is 2. The summed E-state index contributed by atoms with van der Waals surface area (Å²) in [4.78, 5) is 28.2. The second kappa shape index (κ2) is 6.99. The first kappa shape index (κ1) is 16.9. The minimum atomic E-state index is -0.644. The van der Waals surface area contributed by atoms with Crippen LogP contribution in [0.5, 0.6) is 11.5 Å². The standard InChI is InChI=1S/C19H17N3O5/c1-12-4-5-22-9-14(21-17(22)6-12)19(24)25-10-18(23)20-8-13-2-3-15-16(7-13)27-11-26-15/h2-7,9H,8,10-11H2,1H3,(H,20,23). The average Bonchev–Trinajstić information content (AvgIpc) is 3.30. The van der Waals surface area contributed by atoms with Crippen molar-refractivity contribution in [2.75, 3.05) is 13.4 Å². The number of nitrogens with one attached hydrogen (secondary N) is 1. The second-order valence-electron chi connectivity index (χ2n) is 6.14. The predicted octanol–water partition coefficient (Wildman–Crippen LogP) is 1.84. The molecular formula is C19H17N3O5. The first-order chi connectivity index (χ1) is 13.1. The zero-order valence-electron chi connectivity index (χ0n) is 14.6. The van der Waals surface area contributed by atoms with Crippen molar-refractivity contribution in [2.24, 2.45) is 0 Å². The van der Waals surface area contributed by atoms with E-state index in [-0.39, 0.29) is 19.1 Å². The number of aryl methyl sites for hydroxylation is 1. The molecule has 4 rings (SSSR count). The van der Waals surface area contributed by atoms with Crippen LogP contribution in [-0.4, -0.2) is 34.7 Å². The third kappa shape index (κ3) is 3.69. The lowest BCUT2D eigenvalue weighted by atomic mass is 10.2. The molecule has 1 amide bonds. The largest absolute Gasteiger partial charge is 0.454 e. The average molecular weight is 367 g/mol. The number of hydrogen-bond acceptors (Lipinski definition) is 6. The lowest BCUT2D eigenvalue weighted by Crippen LogP contribution is -2.28. The molecule has 0 spiro atoms. The number of rotatable bonds is 5. The molecule has 0 unspecified atom stereocenters. The van der Waals surface area contributed by atoms with Crippen molar-refractivity contribution in [2.45, 2.75) is 13.5 Å². The van der Waals surface area contributed by atoms with E-state index in [4.69, 9.17) is 14.2 Å². The second-order valence-corrected chi connectivity index (χ2v) is 6.14. The fourth-order valence-corrected chi connectivity index (χ4v) is 2.69. The van der Waals surface area contributed by atoms with Crippen molar-refractivity contribution in [3.8, 4) is 11.5 Å². The predicted molar refractivity (Wildman–Crippen MR) is 94.6 cm³/mol. The number of aromatic nitrogens is 2. The SMILES string of the molecule is Cc1ccn2cc(C(=O)OCC(=O)NCc3ccc4c(c3)OCO4)nc2c1. The molecule has 2 aromatic heterocycles. The van der Waals surface area contributed by atoms with E-state index >= 15 is 0 Å². The van der Waals surface area contributed by atoms with Gasteiger partial charge in [0, 0.05) is 18.9 Å². The van der Waals surface area contributed by atoms with Gasteiger partial charge in [-0.15, -0.1) is 0 Å². The number of esters is 1. The van der Waals surface area contributed by atoms with Gasteiger partial charge in [-0.3, -0.25) is 4.79 Å². The Labute approximate surface area is 154 Å². The molecule has 0 bridgehead atoms. The van der Waals surface area contributed by atoms with E-state index in [1.165, 1.54) is 0 Å². The van der Waals surface area contributed by atoms with Crippen LogP contribution in [0.2, 0.25) is 0 Å². The summed E-state index contributed by atoms with van der Waals surface area (Å²) >= 11 is 0. The first-order valence-electron chi connectivity index (χ1n) is 8.36. The summed E-state index contributed by atoms with van der Waals surface area (Å²) in [7, 11) is 0. The van der Waals surface area contributed by atoms with Crippen LogP contribution in [0.4, 0.5) is 0 Å². The van der Waals surface area contributed by atoms with Crippen molar-refractivity contribution in [3.63, 3.8) is 0 Å². The molecule has 8 heteroatoms. The highest BCUT2D eigenvalue weighted by Crippen LogP contribution is 2.32. The van der Waals surface area contributed by atoms with Crippen LogP contribution >= 0.6 is 0 Å². The molecule has 0 atom stereocenters. The van der Waals surface area contributed by atoms with E-state index in [9.17, 15) is 9.59 Å². The van der Waals surface area contributed by atoms with Crippen LogP contribution in [0.3, 0.4) is 0 Å². The topological polar surface area (TPSA) is 91.2 Å². The highest BCUT2D eigenvalue weighted by atomic mass is 16.7. The number of pyridine rings is 1. The molecule has 1 aromatic carbocycles. The van der Waals surface area contributed by atoms with Crippen LogP contribution < -0.4 is 14.8 Å². The normalized spacial score (nSPS) is 12.2. The van der Waals surface area contributed by atoms with Crippen molar-refractivity contribution >= 4 is 17.5 Å². The Kier molecular flexibility index (Phi) is 4.37. The maximum Gasteiger partial charge on any atom is 0.359 e. The van der Waals surface area contributed by atoms with Crippen LogP contribution in [0, 0.1) is 6.92 Å². The lowest BCUT2D eigenvalue weighted by molar-refractivity contribution is -0.124. The molecule has 27 heavy (non-hydrogen) atoms. The zero-order chi connectivity index (χ0) is 18.8. The van der Waals surface area contributed by atoms with Gasteiger partial charge in [-0.25, -0.2) is 9.78 Å². The Morgan fingerprint density at radius 3 is 2.96 bits per heavy atom. The van der Waals surface area contributed by atoms with E-state index in [1.807, 2.05) is 31.3 Å². The third-order valence-corrected chi connectivity index (χ3v) is 4.09. The molecule has 0 aliphatic carbocycles. The summed E-state index contributed by atoms with van der Waals surface area (Å²) in [6.07, 6.45) is 3.38. The molecule has 8 nitrogen and oxygen atoms in total. The van der Waals surface area contributed by atoms with Crippen LogP contribution in [0.25, 0.3) is 5.65 Å². The van der Waals surface area contributed by atoms with Crippen molar-refractivity contribution in [1.82, 2.24) is 14.7 Å². The molecule has 1 aliphatic heterocycles. The van der Waals surface area contributed by atoms with Gasteiger partial charge in [-0.2, -0.15) is 0 Å². The number of ether oxygens (including phenoxy) is 3. The van der Waals surface area contributed by atoms with Crippen molar-refractivity contribution < 1.29 is 23.8 Å². The van der Waals surface area contributed by atoms with Crippen molar-refractivity contribution in [1.29, 1.82) is 0 Å². The van der Waals surface area contributed by atoms with Gasteiger partial charge in [-0.05, 0) is 42.3 Å². The smallest absolute Gasteiger partial charge is 0.359 e. The fraction of sp³-hybridized carbons (Fsp3) is 0.211. The maximum absolute atomic E-state index is 12.1. The van der Waals surface area contributed by atoms with Gasteiger partial charge >= 0.3 is 5.97 Å². The Morgan fingerprint density at radius 2 is 2.07 bits per heavy atom. The quantitative estimate of drug-likeness (QED) is 0.692. The maximum atomic E-state index is 12.1. The summed E-state index contributed by atoms with van der Waals surface area (Å²) in [5, 5.41) is 2.69. The highest BCUT2D eigenvalue weighted by Gasteiger charge is 2.15. The van der Waals surface area contributed by atoms with Gasteiger partial charge in [0.2, 0.25) is 6.79 Å². The molecule has 0 fully saturated rings. The van der Waals surface area contributed by atoms with Crippen molar-refractivity contribution in [3.05, 3.63) is 59.5 Å². The summed E-state index contributed by atoms with van der Waals surface area (Å²) in [6.45, 7) is 2.05. The Balaban J connectivity index is 1.30. The van der Waals surface area contributed by atoms with E-state index in [1.54, 1.807) is 22.7 Å². The van der Waals surface area contributed by atoms with E-state index in [0.717, 1.165) is 11.1 Å². The first-order valence-corrected chi connectivity index (χ1v) is 8.36. The number of fused-ring (bicyclic) bond motifs is 2. The number of hydrogen-bond donors (Lipinski definition) is 1. The molecule has 0 radical (unpaired) electrons. The lowest BCUT2D eigenvalue weighted by Gasteiger charge is -2.06. The molecule has 0 saturated carbocycles. The summed E-state index contributed by atoms with van der Waals surface area (Å²) in [5.41, 5.74) is 2.70. The third-order valence-electron chi connectivity index (χ3n) is 4.09. The van der Waals surface area contributed by atoms with Crippen LogP contribution in [0.1, 0.15) is 21.6 Å². The number of imidazole rings is 1. The summed E-state index contributed by atoms with van der Waals surface area (Å²) < 4.78 is 17.3. The monoisotopic (exact) mass is 367 g/mol. The fourth-order valence-electron chi connectivity index (χ4n) is 2.69. The van der Waals surface area contributed by atoms with E-state index < -0.39 is 11.9 Å². The molecule has 3 aromatic rings. The van der Waals surface area contributed by atoms with E-state index in [0.29, 0.717) is 23.7 Å². The van der Waals surface area contributed by atoms with Gasteiger partial charge in [0.15, 0.2) is 23.8 Å². The Hall–Kier alpha value is -3.55. The summed E-state index contributed by atoms with van der Waals surface area (Å²) in [6, 6.07) is 9.18. The van der Waals surface area contributed by atoms with Gasteiger partial charge in [0.25, 0.3) is 5.91 Å². The molecule has 3 heterocycles. The molecule has 0 saturated heterocycles. The minimum Gasteiger partial charge on any atom is -0.454 e. The number of carbonyl (C=O) groups is 2. The Morgan fingerprint density at radius 1 is 1.22 bits per heavy atom. The number of benzene rings is 1. The molecule has 1 N–H and O–H groups in total. The summed E-state index contributed by atoms with van der Waals surface area (Å²) in [5.74, 6) is 0.284.